The molecule has 0 aliphatic heterocycles. The Morgan fingerprint density at radius 2 is 2.36 bits per heavy atom. The van der Waals surface area contributed by atoms with Gasteiger partial charge in [-0.15, -0.1) is 6.58 Å². The smallest absolute Gasteiger partial charge is 0.181 e. The zero-order valence-corrected chi connectivity index (χ0v) is 6.40. The Morgan fingerprint density at radius 3 is 2.82 bits per heavy atom. The van der Waals surface area contributed by atoms with Crippen molar-refractivity contribution < 1.29 is 8.78 Å². The van der Waals surface area contributed by atoms with Gasteiger partial charge in [0.1, 0.15) is 0 Å². The quantitative estimate of drug-likeness (QED) is 0.426. The average molecular weight is 156 g/mol. The lowest BCUT2D eigenvalue weighted by molar-refractivity contribution is 0.470. The fourth-order valence-corrected chi connectivity index (χ4v) is 0.472. The molecule has 1 atom stereocenters. The number of rotatable bonds is 2. The van der Waals surface area contributed by atoms with E-state index in [9.17, 15) is 8.78 Å². The van der Waals surface area contributed by atoms with Crippen molar-refractivity contribution >= 4 is 0 Å². The predicted molar refractivity (Wildman–Crippen MR) is 42.4 cm³/mol. The Labute approximate surface area is 65.6 Å². The van der Waals surface area contributed by atoms with Crippen LogP contribution in [-0.4, -0.2) is 6.17 Å². The van der Waals surface area contributed by atoms with Gasteiger partial charge < -0.3 is 0 Å². The molecule has 0 saturated carbocycles. The maximum atomic E-state index is 12.5. The van der Waals surface area contributed by atoms with Gasteiger partial charge in [-0.1, -0.05) is 17.9 Å². The highest BCUT2D eigenvalue weighted by molar-refractivity contribution is 5.14. The maximum Gasteiger partial charge on any atom is 0.181 e. The van der Waals surface area contributed by atoms with Gasteiger partial charge in [0.15, 0.2) is 6.17 Å². The summed E-state index contributed by atoms with van der Waals surface area (Å²) in [6, 6.07) is 0. The zero-order valence-electron chi connectivity index (χ0n) is 6.40. The minimum atomic E-state index is -1.50. The molecule has 0 aromatic carbocycles. The van der Waals surface area contributed by atoms with Crippen LogP contribution in [0.15, 0.2) is 24.6 Å². The monoisotopic (exact) mass is 156 g/mol. The highest BCUT2D eigenvalue weighted by atomic mass is 19.1. The van der Waals surface area contributed by atoms with Gasteiger partial charge in [0.05, 0.1) is 5.83 Å². The third kappa shape index (κ3) is 6.79. The van der Waals surface area contributed by atoms with E-state index in [1.807, 2.05) is 0 Å². The molecule has 0 radical (unpaired) electrons. The summed E-state index contributed by atoms with van der Waals surface area (Å²) in [4.78, 5) is 0. The molecule has 0 rings (SSSR count). The van der Waals surface area contributed by atoms with Crippen LogP contribution in [0.5, 0.6) is 0 Å². The normalized spacial score (nSPS) is 13.2. The number of allylic oxidation sites excluding steroid dienone is 3. The van der Waals surface area contributed by atoms with E-state index in [0.717, 1.165) is 6.08 Å². The van der Waals surface area contributed by atoms with Crippen molar-refractivity contribution in [3.05, 3.63) is 24.6 Å². The molecule has 0 N–H and O–H groups in total. The van der Waals surface area contributed by atoms with Crippen molar-refractivity contribution in [2.75, 3.05) is 0 Å². The molecular formula is C9H10F2. The van der Waals surface area contributed by atoms with Gasteiger partial charge >= 0.3 is 0 Å². The molecule has 0 fully saturated rings. The van der Waals surface area contributed by atoms with Crippen LogP contribution in [0.2, 0.25) is 0 Å². The molecule has 0 bridgehead atoms. The minimum absolute atomic E-state index is 0.430. The van der Waals surface area contributed by atoms with Gasteiger partial charge in [-0.3, -0.25) is 0 Å². The lowest BCUT2D eigenvalue weighted by atomic mass is 10.3. The first-order chi connectivity index (χ1) is 5.16. The molecule has 0 aromatic rings. The molecule has 2 heteroatoms. The molecule has 1 unspecified atom stereocenters. The summed E-state index contributed by atoms with van der Waals surface area (Å²) in [7, 11) is 0. The molecule has 0 amide bonds. The van der Waals surface area contributed by atoms with Gasteiger partial charge in [0.25, 0.3) is 0 Å². The van der Waals surface area contributed by atoms with Crippen LogP contribution >= 0.6 is 0 Å². The second kappa shape index (κ2) is 5.67. The zero-order chi connectivity index (χ0) is 8.69. The molecule has 0 aromatic heterocycles. The van der Waals surface area contributed by atoms with Crippen LogP contribution in [0.25, 0.3) is 0 Å². The first kappa shape index (κ1) is 9.90. The molecule has 0 aliphatic carbocycles. The molecule has 0 saturated heterocycles. The van der Waals surface area contributed by atoms with Crippen LogP contribution in [0.1, 0.15) is 13.3 Å². The van der Waals surface area contributed by atoms with Gasteiger partial charge in [-0.25, -0.2) is 8.78 Å². The van der Waals surface area contributed by atoms with Crippen molar-refractivity contribution in [1.29, 1.82) is 0 Å². The van der Waals surface area contributed by atoms with Crippen molar-refractivity contribution in [1.82, 2.24) is 0 Å². The molecule has 0 nitrogen and oxygen atoms in total. The number of alkyl halides is 1. The Balaban J connectivity index is 3.89. The summed E-state index contributed by atoms with van der Waals surface area (Å²) in [6.45, 7) is 4.59. The second-order valence-corrected chi connectivity index (χ2v) is 1.97. The van der Waals surface area contributed by atoms with E-state index in [2.05, 4.69) is 18.4 Å². The molecule has 0 heterocycles. The van der Waals surface area contributed by atoms with Crippen molar-refractivity contribution in [3.8, 4) is 11.8 Å². The molecule has 0 aliphatic rings. The van der Waals surface area contributed by atoms with Gasteiger partial charge in [0.2, 0.25) is 0 Å². The van der Waals surface area contributed by atoms with Gasteiger partial charge in [-0.05, 0) is 13.0 Å². The van der Waals surface area contributed by atoms with Crippen LogP contribution in [-0.2, 0) is 0 Å². The summed E-state index contributed by atoms with van der Waals surface area (Å²) in [5, 5.41) is 0. The summed E-state index contributed by atoms with van der Waals surface area (Å²) >= 11 is 0. The summed E-state index contributed by atoms with van der Waals surface area (Å²) in [5.74, 6) is 4.15. The fraction of sp³-hybridized carbons (Fsp3) is 0.333. The first-order valence-electron chi connectivity index (χ1n) is 3.24. The lowest BCUT2D eigenvalue weighted by Crippen LogP contribution is -1.89. The third-order valence-electron chi connectivity index (χ3n) is 0.862. The van der Waals surface area contributed by atoms with E-state index in [1.165, 1.54) is 6.92 Å². The predicted octanol–water partition coefficient (Wildman–Crippen LogP) is 2.78. The second-order valence-electron chi connectivity index (χ2n) is 1.97. The van der Waals surface area contributed by atoms with E-state index >= 15 is 0 Å². The van der Waals surface area contributed by atoms with E-state index in [-0.39, 0.29) is 0 Å². The maximum absolute atomic E-state index is 12.5. The van der Waals surface area contributed by atoms with Crippen molar-refractivity contribution in [2.45, 2.75) is 19.5 Å². The van der Waals surface area contributed by atoms with Crippen LogP contribution in [0.3, 0.4) is 0 Å². The Hall–Kier alpha value is -1.10. The van der Waals surface area contributed by atoms with E-state index in [1.54, 1.807) is 6.08 Å². The SMILES string of the molecule is C=CCC#CC(F)/C=C(\C)F. The van der Waals surface area contributed by atoms with Crippen LogP contribution in [0, 0.1) is 11.8 Å². The highest BCUT2D eigenvalue weighted by Gasteiger charge is 1.95. The van der Waals surface area contributed by atoms with E-state index in [0.29, 0.717) is 6.42 Å². The standard InChI is InChI=1S/C9H10F2/c1-3-4-5-6-9(11)7-8(2)10/h3,7,9H,1,4H2,2H3/b8-7+. The van der Waals surface area contributed by atoms with Crippen LogP contribution in [0.4, 0.5) is 8.78 Å². The van der Waals surface area contributed by atoms with Gasteiger partial charge in [-0.2, -0.15) is 0 Å². The molecule has 0 spiro atoms. The van der Waals surface area contributed by atoms with Gasteiger partial charge in [0, 0.05) is 6.42 Å². The number of halogens is 2. The Bertz CT molecular complexity index is 201. The summed E-state index contributed by atoms with van der Waals surface area (Å²) < 4.78 is 24.4. The Kier molecular flexibility index (Phi) is 5.10. The molecule has 11 heavy (non-hydrogen) atoms. The van der Waals surface area contributed by atoms with Crippen molar-refractivity contribution in [2.24, 2.45) is 0 Å². The van der Waals surface area contributed by atoms with Crippen molar-refractivity contribution in [3.63, 3.8) is 0 Å². The topological polar surface area (TPSA) is 0 Å². The minimum Gasteiger partial charge on any atom is -0.229 e. The first-order valence-corrected chi connectivity index (χ1v) is 3.24. The highest BCUT2D eigenvalue weighted by Crippen LogP contribution is 1.99. The molecular weight excluding hydrogens is 146 g/mol. The fourth-order valence-electron chi connectivity index (χ4n) is 0.472. The lowest BCUT2D eigenvalue weighted by Gasteiger charge is -1.88. The molecule has 60 valence electrons. The van der Waals surface area contributed by atoms with Crippen LogP contribution < -0.4 is 0 Å². The Morgan fingerprint density at radius 1 is 1.73 bits per heavy atom. The van der Waals surface area contributed by atoms with E-state index < -0.39 is 12.0 Å². The third-order valence-corrected chi connectivity index (χ3v) is 0.862. The van der Waals surface area contributed by atoms with E-state index in [4.69, 9.17) is 0 Å². The number of hydrogen-bond acceptors (Lipinski definition) is 0. The number of hydrogen-bond donors (Lipinski definition) is 0. The average Bonchev–Trinajstić information content (AvgIpc) is 1.86. The largest absolute Gasteiger partial charge is 0.229 e. The summed E-state index contributed by atoms with van der Waals surface area (Å²) in [6.07, 6.45) is 1.32. The summed E-state index contributed by atoms with van der Waals surface area (Å²) in [5.41, 5.74) is 0.